The summed E-state index contributed by atoms with van der Waals surface area (Å²) in [7, 11) is 1.47. The number of rotatable bonds is 5. The van der Waals surface area contributed by atoms with Gasteiger partial charge in [0.1, 0.15) is 7.11 Å². The van der Waals surface area contributed by atoms with Crippen molar-refractivity contribution in [2.45, 2.75) is 18.6 Å². The number of β-amino-alcohol motifs (C(OH)–C–C–N with tert-alkyl or cyclic N) is 1. The van der Waals surface area contributed by atoms with E-state index in [-0.39, 0.29) is 0 Å². The monoisotopic (exact) mass is 277 g/mol. The quantitative estimate of drug-likeness (QED) is 0.757. The van der Waals surface area contributed by atoms with E-state index >= 15 is 0 Å². The van der Waals surface area contributed by atoms with Crippen molar-refractivity contribution < 1.29 is 14.7 Å². The Morgan fingerprint density at radius 3 is 2.85 bits per heavy atom. The summed E-state index contributed by atoms with van der Waals surface area (Å²) in [6, 6.07) is 8.88. The smallest absolute Gasteiger partial charge is 0.235 e. The number of primary amides is 1. The van der Waals surface area contributed by atoms with Gasteiger partial charge >= 0.3 is 0 Å². The highest BCUT2D eigenvalue weighted by molar-refractivity contribution is 5.95. The van der Waals surface area contributed by atoms with Crippen molar-refractivity contribution in [2.75, 3.05) is 20.2 Å². The van der Waals surface area contributed by atoms with Crippen molar-refractivity contribution in [1.29, 1.82) is 0 Å². The maximum atomic E-state index is 11.5. The predicted molar refractivity (Wildman–Crippen MR) is 75.0 cm³/mol. The molecule has 1 aromatic rings. The van der Waals surface area contributed by atoms with Crippen molar-refractivity contribution in [3.63, 3.8) is 0 Å². The van der Waals surface area contributed by atoms with E-state index in [2.05, 4.69) is 5.16 Å². The zero-order valence-corrected chi connectivity index (χ0v) is 11.4. The van der Waals surface area contributed by atoms with Gasteiger partial charge < -0.3 is 15.7 Å². The minimum absolute atomic E-state index is 0.334. The highest BCUT2D eigenvalue weighted by Gasteiger charge is 2.34. The molecule has 1 aliphatic heterocycles. The average molecular weight is 277 g/mol. The Kier molecular flexibility index (Phi) is 4.70. The third-order valence-electron chi connectivity index (χ3n) is 3.40. The molecule has 2 rings (SSSR count). The van der Waals surface area contributed by atoms with E-state index in [1.165, 1.54) is 7.11 Å². The predicted octanol–water partition coefficient (Wildman–Crippen LogP) is 0.282. The molecule has 0 aromatic heterocycles. The van der Waals surface area contributed by atoms with Gasteiger partial charge in [-0.15, -0.1) is 0 Å². The lowest BCUT2D eigenvalue weighted by Gasteiger charge is -2.24. The summed E-state index contributed by atoms with van der Waals surface area (Å²) in [5.41, 5.74) is 6.98. The number of aliphatic hydroxyl groups excluding tert-OH is 1. The summed E-state index contributed by atoms with van der Waals surface area (Å²) < 4.78 is 0. The van der Waals surface area contributed by atoms with Gasteiger partial charge in [-0.25, -0.2) is 0 Å². The van der Waals surface area contributed by atoms with Crippen LogP contribution in [0.15, 0.2) is 35.5 Å². The van der Waals surface area contributed by atoms with E-state index in [0.717, 1.165) is 11.3 Å². The number of hydrogen-bond donors (Lipinski definition) is 2. The summed E-state index contributed by atoms with van der Waals surface area (Å²) in [6.07, 6.45) is -0.218. The summed E-state index contributed by atoms with van der Waals surface area (Å²) in [5, 5.41) is 14.1. The second kappa shape index (κ2) is 6.49. The maximum absolute atomic E-state index is 11.5. The molecule has 1 saturated heterocycles. The Morgan fingerprint density at radius 1 is 1.55 bits per heavy atom. The first-order valence-electron chi connectivity index (χ1n) is 6.47. The first-order valence-corrected chi connectivity index (χ1v) is 6.47. The number of hydrogen-bond acceptors (Lipinski definition) is 5. The van der Waals surface area contributed by atoms with Crippen LogP contribution in [0.4, 0.5) is 0 Å². The molecule has 0 spiro atoms. The van der Waals surface area contributed by atoms with E-state index in [1.54, 1.807) is 0 Å². The average Bonchev–Trinajstić information content (AvgIpc) is 2.83. The van der Waals surface area contributed by atoms with Gasteiger partial charge in [0, 0.05) is 19.5 Å². The molecule has 3 N–H and O–H groups in total. The SMILES string of the molecule is CO/N=C1\C[C@@H](C(N)=O)N(C[C@@H](O)c2ccccc2)C1. The Hall–Kier alpha value is -1.92. The van der Waals surface area contributed by atoms with Crippen LogP contribution in [-0.4, -0.2) is 47.9 Å². The number of likely N-dealkylation sites (tertiary alicyclic amines) is 1. The lowest BCUT2D eigenvalue weighted by Crippen LogP contribution is -2.42. The van der Waals surface area contributed by atoms with Crippen LogP contribution in [0.1, 0.15) is 18.1 Å². The highest BCUT2D eigenvalue weighted by atomic mass is 16.6. The number of carbonyl (C=O) groups excluding carboxylic acids is 1. The fourth-order valence-corrected chi connectivity index (χ4v) is 2.43. The van der Waals surface area contributed by atoms with Gasteiger partial charge in [0.15, 0.2) is 0 Å². The lowest BCUT2D eigenvalue weighted by atomic mass is 10.1. The number of amides is 1. The molecule has 2 atom stereocenters. The Balaban J connectivity index is 2.07. The van der Waals surface area contributed by atoms with E-state index < -0.39 is 18.1 Å². The Bertz CT molecular complexity index is 490. The van der Waals surface area contributed by atoms with Crippen LogP contribution in [0.5, 0.6) is 0 Å². The van der Waals surface area contributed by atoms with Gasteiger partial charge in [0.25, 0.3) is 0 Å². The maximum Gasteiger partial charge on any atom is 0.235 e. The van der Waals surface area contributed by atoms with Crippen molar-refractivity contribution in [1.82, 2.24) is 4.90 Å². The van der Waals surface area contributed by atoms with Crippen LogP contribution < -0.4 is 5.73 Å². The second-order valence-corrected chi connectivity index (χ2v) is 4.82. The molecule has 0 saturated carbocycles. The van der Waals surface area contributed by atoms with Gasteiger partial charge in [-0.3, -0.25) is 9.69 Å². The van der Waals surface area contributed by atoms with Crippen LogP contribution in [0.3, 0.4) is 0 Å². The summed E-state index contributed by atoms with van der Waals surface area (Å²) in [6.45, 7) is 0.811. The first kappa shape index (κ1) is 14.5. The molecule has 0 unspecified atom stereocenters. The molecule has 20 heavy (non-hydrogen) atoms. The second-order valence-electron chi connectivity index (χ2n) is 4.82. The van der Waals surface area contributed by atoms with Gasteiger partial charge in [0.2, 0.25) is 5.91 Å². The number of benzene rings is 1. The minimum atomic E-state index is -0.667. The van der Waals surface area contributed by atoms with Crippen molar-refractivity contribution in [3.8, 4) is 0 Å². The van der Waals surface area contributed by atoms with Crippen LogP contribution in [-0.2, 0) is 9.63 Å². The van der Waals surface area contributed by atoms with Crippen molar-refractivity contribution in [3.05, 3.63) is 35.9 Å². The molecule has 6 heteroatoms. The van der Waals surface area contributed by atoms with Crippen LogP contribution in [0.2, 0.25) is 0 Å². The summed E-state index contributed by atoms with van der Waals surface area (Å²) in [4.78, 5) is 18.1. The molecular formula is C14H19N3O3. The van der Waals surface area contributed by atoms with Crippen LogP contribution in [0, 0.1) is 0 Å². The standard InChI is InChI=1S/C14H19N3O3/c1-20-16-11-7-12(14(15)19)17(8-11)9-13(18)10-5-3-2-4-6-10/h2-6,12-13,18H,7-9H2,1H3,(H2,15,19)/b16-11+/t12-,13+/m0/s1. The molecule has 6 nitrogen and oxygen atoms in total. The summed E-state index contributed by atoms with van der Waals surface area (Å²) >= 11 is 0. The molecule has 1 fully saturated rings. The highest BCUT2D eigenvalue weighted by Crippen LogP contribution is 2.21. The van der Waals surface area contributed by atoms with E-state index in [4.69, 9.17) is 10.6 Å². The third-order valence-corrected chi connectivity index (χ3v) is 3.40. The molecule has 1 aromatic carbocycles. The number of nitrogens with zero attached hydrogens (tertiary/aromatic N) is 2. The molecule has 0 bridgehead atoms. The third kappa shape index (κ3) is 3.34. The van der Waals surface area contributed by atoms with Gasteiger partial charge in [-0.1, -0.05) is 35.5 Å². The molecule has 108 valence electrons. The molecule has 0 radical (unpaired) electrons. The molecule has 0 aliphatic carbocycles. The fraction of sp³-hybridized carbons (Fsp3) is 0.429. The Morgan fingerprint density at radius 2 is 2.25 bits per heavy atom. The number of oxime groups is 1. The number of aliphatic hydroxyl groups is 1. The zero-order chi connectivity index (χ0) is 14.5. The first-order chi connectivity index (χ1) is 9.61. The number of carbonyl (C=O) groups is 1. The van der Waals surface area contributed by atoms with E-state index in [9.17, 15) is 9.90 Å². The van der Waals surface area contributed by atoms with Gasteiger partial charge in [0.05, 0.1) is 17.9 Å². The molecule has 1 amide bonds. The largest absolute Gasteiger partial charge is 0.399 e. The normalized spacial score (nSPS) is 22.9. The molecular weight excluding hydrogens is 258 g/mol. The zero-order valence-electron chi connectivity index (χ0n) is 11.4. The fourth-order valence-electron chi connectivity index (χ4n) is 2.43. The van der Waals surface area contributed by atoms with Crippen molar-refractivity contribution in [2.24, 2.45) is 10.9 Å². The van der Waals surface area contributed by atoms with Crippen molar-refractivity contribution >= 4 is 11.6 Å². The molecule has 1 heterocycles. The van der Waals surface area contributed by atoms with Gasteiger partial charge in [-0.05, 0) is 5.56 Å². The topological polar surface area (TPSA) is 88.2 Å². The van der Waals surface area contributed by atoms with E-state index in [1.807, 2.05) is 35.2 Å². The minimum Gasteiger partial charge on any atom is -0.399 e. The lowest BCUT2D eigenvalue weighted by molar-refractivity contribution is -0.122. The summed E-state index contributed by atoms with van der Waals surface area (Å²) in [5.74, 6) is -0.411. The Labute approximate surface area is 117 Å². The van der Waals surface area contributed by atoms with E-state index in [0.29, 0.717) is 19.5 Å². The van der Waals surface area contributed by atoms with Gasteiger partial charge in [-0.2, -0.15) is 0 Å². The van der Waals surface area contributed by atoms with Crippen LogP contribution >= 0.6 is 0 Å². The number of nitrogens with two attached hydrogens (primary N) is 1. The van der Waals surface area contributed by atoms with Crippen LogP contribution in [0.25, 0.3) is 0 Å². The molecule has 1 aliphatic rings.